The summed E-state index contributed by atoms with van der Waals surface area (Å²) in [5, 5.41) is 3.10. The lowest BCUT2D eigenvalue weighted by molar-refractivity contribution is -0.0566. The van der Waals surface area contributed by atoms with Crippen molar-refractivity contribution >= 4 is 0 Å². The predicted molar refractivity (Wildman–Crippen MR) is 65.2 cm³/mol. The number of imidazole rings is 1. The largest absolute Gasteiger partial charge is 0.367 e. The number of ether oxygens (including phenoxy) is 1. The van der Waals surface area contributed by atoms with E-state index < -0.39 is 0 Å². The van der Waals surface area contributed by atoms with E-state index in [2.05, 4.69) is 29.1 Å². The molecule has 4 nitrogen and oxygen atoms in total. The van der Waals surface area contributed by atoms with E-state index in [-0.39, 0.29) is 5.60 Å². The Hall–Kier alpha value is -0.870. The van der Waals surface area contributed by atoms with Gasteiger partial charge in [-0.1, -0.05) is 13.8 Å². The van der Waals surface area contributed by atoms with Crippen molar-refractivity contribution in [1.82, 2.24) is 15.3 Å². The van der Waals surface area contributed by atoms with Gasteiger partial charge in [0, 0.05) is 25.0 Å². The molecule has 1 aromatic rings. The van der Waals surface area contributed by atoms with Crippen molar-refractivity contribution in [2.75, 3.05) is 13.7 Å². The maximum absolute atomic E-state index is 5.89. The summed E-state index contributed by atoms with van der Waals surface area (Å²) in [6, 6.07) is 0. The van der Waals surface area contributed by atoms with Gasteiger partial charge in [-0.2, -0.15) is 0 Å². The Labute approximate surface area is 97.8 Å². The minimum Gasteiger partial charge on any atom is -0.367 e. The summed E-state index contributed by atoms with van der Waals surface area (Å²) in [6.45, 7) is 7.82. The van der Waals surface area contributed by atoms with Gasteiger partial charge in [0.05, 0.1) is 0 Å². The molecule has 0 fully saturated rings. The lowest BCUT2D eigenvalue weighted by atomic mass is 9.96. The van der Waals surface area contributed by atoms with Gasteiger partial charge in [-0.25, -0.2) is 4.98 Å². The first-order valence-electron chi connectivity index (χ1n) is 6.05. The number of nitrogens with one attached hydrogen (secondary N) is 2. The van der Waals surface area contributed by atoms with Crippen molar-refractivity contribution in [1.29, 1.82) is 0 Å². The van der Waals surface area contributed by atoms with Gasteiger partial charge in [-0.15, -0.1) is 0 Å². The van der Waals surface area contributed by atoms with E-state index in [1.807, 2.05) is 20.2 Å². The molecule has 0 atom stereocenters. The van der Waals surface area contributed by atoms with E-state index in [9.17, 15) is 0 Å². The summed E-state index contributed by atoms with van der Waals surface area (Å²) in [6.07, 6.45) is 3.75. The summed E-state index contributed by atoms with van der Waals surface area (Å²) in [7, 11) is 1.93. The number of hydrogen-bond acceptors (Lipinski definition) is 3. The first kappa shape index (κ1) is 13.2. The van der Waals surface area contributed by atoms with Crippen molar-refractivity contribution in [2.45, 2.75) is 45.8 Å². The molecule has 0 saturated carbocycles. The minimum absolute atomic E-state index is 0.249. The molecule has 0 unspecified atom stereocenters. The van der Waals surface area contributed by atoms with Gasteiger partial charge in [-0.05, 0) is 26.8 Å². The molecule has 0 radical (unpaired) electrons. The third-order valence-electron chi connectivity index (χ3n) is 2.99. The molecule has 2 N–H and O–H groups in total. The van der Waals surface area contributed by atoms with E-state index in [4.69, 9.17) is 4.74 Å². The standard InChI is InChI=1S/C12H23N3O/c1-5-12(6-2,16-7-3)11-14-9-10(15-11)8-13-4/h9,13H,5-8H2,1-4H3,(H,14,15). The molecule has 1 rings (SSSR count). The molecule has 0 spiro atoms. The van der Waals surface area contributed by atoms with Gasteiger partial charge >= 0.3 is 0 Å². The molecule has 16 heavy (non-hydrogen) atoms. The summed E-state index contributed by atoms with van der Waals surface area (Å²) in [5.74, 6) is 0.949. The average Bonchev–Trinajstić information content (AvgIpc) is 2.76. The van der Waals surface area contributed by atoms with Gasteiger partial charge < -0.3 is 15.0 Å². The number of H-pyrrole nitrogens is 1. The number of rotatable bonds is 7. The Morgan fingerprint density at radius 3 is 2.56 bits per heavy atom. The number of aromatic amines is 1. The SMILES string of the molecule is CCOC(CC)(CC)c1ncc(CNC)[nH]1. The topological polar surface area (TPSA) is 49.9 Å². The normalized spacial score (nSPS) is 12.0. The highest BCUT2D eigenvalue weighted by molar-refractivity contribution is 5.08. The van der Waals surface area contributed by atoms with Gasteiger partial charge in [-0.3, -0.25) is 0 Å². The van der Waals surface area contributed by atoms with Crippen molar-refractivity contribution < 1.29 is 4.74 Å². The first-order valence-corrected chi connectivity index (χ1v) is 6.05. The van der Waals surface area contributed by atoms with E-state index in [1.165, 1.54) is 0 Å². The van der Waals surface area contributed by atoms with Crippen molar-refractivity contribution in [3.8, 4) is 0 Å². The van der Waals surface area contributed by atoms with E-state index in [0.717, 1.165) is 30.9 Å². The van der Waals surface area contributed by atoms with Gasteiger partial charge in [0.1, 0.15) is 11.4 Å². The molecular weight excluding hydrogens is 202 g/mol. The zero-order valence-electron chi connectivity index (χ0n) is 10.8. The Morgan fingerprint density at radius 2 is 2.06 bits per heavy atom. The van der Waals surface area contributed by atoms with Crippen LogP contribution in [0.3, 0.4) is 0 Å². The lowest BCUT2D eigenvalue weighted by Gasteiger charge is -2.29. The highest BCUT2D eigenvalue weighted by Gasteiger charge is 2.31. The molecule has 0 amide bonds. The van der Waals surface area contributed by atoms with E-state index in [1.54, 1.807) is 0 Å². The van der Waals surface area contributed by atoms with Crippen LogP contribution in [-0.4, -0.2) is 23.6 Å². The second kappa shape index (κ2) is 6.01. The molecule has 0 aliphatic carbocycles. The fourth-order valence-corrected chi connectivity index (χ4v) is 2.00. The molecule has 4 heteroatoms. The molecule has 92 valence electrons. The Balaban J connectivity index is 2.91. The zero-order chi connectivity index (χ0) is 12.0. The molecular formula is C12H23N3O. The second-order valence-electron chi connectivity index (χ2n) is 3.92. The maximum Gasteiger partial charge on any atom is 0.138 e. The molecule has 1 aromatic heterocycles. The average molecular weight is 225 g/mol. The smallest absolute Gasteiger partial charge is 0.138 e. The van der Waals surface area contributed by atoms with Crippen LogP contribution >= 0.6 is 0 Å². The number of hydrogen-bond donors (Lipinski definition) is 2. The van der Waals surface area contributed by atoms with Crippen LogP contribution in [0.1, 0.15) is 45.1 Å². The predicted octanol–water partition coefficient (Wildman–Crippen LogP) is 2.18. The fraction of sp³-hybridized carbons (Fsp3) is 0.750. The highest BCUT2D eigenvalue weighted by Crippen LogP contribution is 2.30. The Kier molecular flexibility index (Phi) is 4.96. The minimum atomic E-state index is -0.249. The molecule has 0 aliphatic rings. The van der Waals surface area contributed by atoms with E-state index >= 15 is 0 Å². The first-order chi connectivity index (χ1) is 7.72. The molecule has 1 heterocycles. The Bertz CT molecular complexity index is 305. The monoisotopic (exact) mass is 225 g/mol. The van der Waals surface area contributed by atoms with Crippen molar-refractivity contribution in [2.24, 2.45) is 0 Å². The van der Waals surface area contributed by atoms with Gasteiger partial charge in [0.25, 0.3) is 0 Å². The lowest BCUT2D eigenvalue weighted by Crippen LogP contribution is -2.29. The summed E-state index contributed by atoms with van der Waals surface area (Å²) in [5.41, 5.74) is 0.851. The number of aromatic nitrogens is 2. The van der Waals surface area contributed by atoms with Crippen LogP contribution in [0.4, 0.5) is 0 Å². The van der Waals surface area contributed by atoms with Crippen LogP contribution in [0, 0.1) is 0 Å². The van der Waals surface area contributed by atoms with Gasteiger partial charge in [0.2, 0.25) is 0 Å². The van der Waals surface area contributed by atoms with Crippen LogP contribution < -0.4 is 5.32 Å². The van der Waals surface area contributed by atoms with Crippen molar-refractivity contribution in [3.05, 3.63) is 17.7 Å². The van der Waals surface area contributed by atoms with Crippen LogP contribution in [0.15, 0.2) is 6.20 Å². The summed E-state index contributed by atoms with van der Waals surface area (Å²) >= 11 is 0. The van der Waals surface area contributed by atoms with Crippen LogP contribution in [0.2, 0.25) is 0 Å². The van der Waals surface area contributed by atoms with Crippen LogP contribution in [0.25, 0.3) is 0 Å². The van der Waals surface area contributed by atoms with Crippen molar-refractivity contribution in [3.63, 3.8) is 0 Å². The second-order valence-corrected chi connectivity index (χ2v) is 3.92. The van der Waals surface area contributed by atoms with E-state index in [0.29, 0.717) is 6.61 Å². The highest BCUT2D eigenvalue weighted by atomic mass is 16.5. The third-order valence-corrected chi connectivity index (χ3v) is 2.99. The van der Waals surface area contributed by atoms with Gasteiger partial charge in [0.15, 0.2) is 0 Å². The fourth-order valence-electron chi connectivity index (χ4n) is 2.00. The summed E-state index contributed by atoms with van der Waals surface area (Å²) in [4.78, 5) is 7.79. The zero-order valence-corrected chi connectivity index (χ0v) is 10.8. The quantitative estimate of drug-likeness (QED) is 0.748. The number of nitrogens with zero attached hydrogens (tertiary/aromatic N) is 1. The Morgan fingerprint density at radius 1 is 1.38 bits per heavy atom. The maximum atomic E-state index is 5.89. The molecule has 0 bridgehead atoms. The summed E-state index contributed by atoms with van der Waals surface area (Å²) < 4.78 is 5.89. The third kappa shape index (κ3) is 2.62. The molecule has 0 aromatic carbocycles. The van der Waals surface area contributed by atoms with Crippen LogP contribution in [0.5, 0.6) is 0 Å². The molecule has 0 aliphatic heterocycles. The molecule has 0 saturated heterocycles. The van der Waals surface area contributed by atoms with Crippen LogP contribution in [-0.2, 0) is 16.9 Å².